The standard InChI is InChI=1S/C26H37N3O5S/c1-6-13-27-26(31)28(5)16-24-19(3)15-29(20(4)17-30)35(32,33)25-12-11-22(14-23(25)34-24)21-9-7-18(2)8-10-21/h7-12,14,19-20,24,30H,6,13,15-17H2,1-5H3,(H,27,31)/t19-,20-,24+/m0/s1. The topological polar surface area (TPSA) is 99.2 Å². The van der Waals surface area contributed by atoms with E-state index < -0.39 is 22.2 Å². The van der Waals surface area contributed by atoms with Gasteiger partial charge in [0.2, 0.25) is 10.0 Å². The molecule has 35 heavy (non-hydrogen) atoms. The van der Waals surface area contributed by atoms with Gasteiger partial charge in [-0.15, -0.1) is 0 Å². The summed E-state index contributed by atoms with van der Waals surface area (Å²) in [6.45, 7) is 8.32. The van der Waals surface area contributed by atoms with Crippen LogP contribution in [-0.2, 0) is 10.0 Å². The van der Waals surface area contributed by atoms with Crippen molar-refractivity contribution in [1.82, 2.24) is 14.5 Å². The second-order valence-electron chi connectivity index (χ2n) is 9.38. The third-order valence-corrected chi connectivity index (χ3v) is 8.40. The summed E-state index contributed by atoms with van der Waals surface area (Å²) >= 11 is 0. The lowest BCUT2D eigenvalue weighted by Crippen LogP contribution is -2.51. The fraction of sp³-hybridized carbons (Fsp3) is 0.500. The number of hydrogen-bond donors (Lipinski definition) is 2. The third-order valence-electron chi connectivity index (χ3n) is 6.38. The Hall–Kier alpha value is -2.62. The van der Waals surface area contributed by atoms with Crippen molar-refractivity contribution in [2.75, 3.05) is 33.3 Å². The van der Waals surface area contributed by atoms with E-state index in [1.54, 1.807) is 37.1 Å². The summed E-state index contributed by atoms with van der Waals surface area (Å²) in [4.78, 5) is 14.1. The lowest BCUT2D eigenvalue weighted by Gasteiger charge is -2.37. The summed E-state index contributed by atoms with van der Waals surface area (Å²) in [7, 11) is -2.21. The summed E-state index contributed by atoms with van der Waals surface area (Å²) < 4.78 is 35.0. The average Bonchev–Trinajstić information content (AvgIpc) is 2.84. The predicted molar refractivity (Wildman–Crippen MR) is 137 cm³/mol. The maximum Gasteiger partial charge on any atom is 0.317 e. The molecule has 0 aromatic heterocycles. The SMILES string of the molecule is CCCNC(=O)N(C)C[C@H]1Oc2cc(-c3ccc(C)cc3)ccc2S(=O)(=O)N([C@@H](C)CO)C[C@@H]1C. The molecule has 0 bridgehead atoms. The number of aryl methyl sites for hydroxylation is 1. The number of carbonyl (C=O) groups excluding carboxylic acids is 1. The molecule has 1 aliphatic heterocycles. The first-order valence-electron chi connectivity index (χ1n) is 12.1. The van der Waals surface area contributed by atoms with E-state index in [0.29, 0.717) is 6.54 Å². The minimum atomic E-state index is -3.92. The molecule has 1 aliphatic rings. The van der Waals surface area contributed by atoms with Crippen LogP contribution in [0.5, 0.6) is 5.75 Å². The fourth-order valence-corrected chi connectivity index (χ4v) is 5.91. The number of aliphatic hydroxyl groups is 1. The van der Waals surface area contributed by atoms with E-state index in [1.165, 1.54) is 4.31 Å². The monoisotopic (exact) mass is 503 g/mol. The Morgan fingerprint density at radius 3 is 2.51 bits per heavy atom. The van der Waals surface area contributed by atoms with Gasteiger partial charge in [-0.1, -0.05) is 49.7 Å². The van der Waals surface area contributed by atoms with Gasteiger partial charge in [0.15, 0.2) is 0 Å². The van der Waals surface area contributed by atoms with Crippen molar-refractivity contribution in [2.45, 2.75) is 51.2 Å². The first kappa shape index (κ1) is 27.0. The first-order chi connectivity index (χ1) is 16.6. The van der Waals surface area contributed by atoms with Gasteiger partial charge in [0, 0.05) is 32.1 Å². The van der Waals surface area contributed by atoms with Gasteiger partial charge >= 0.3 is 6.03 Å². The van der Waals surface area contributed by atoms with Crippen LogP contribution < -0.4 is 10.1 Å². The highest BCUT2D eigenvalue weighted by atomic mass is 32.2. The van der Waals surface area contributed by atoms with Gasteiger partial charge in [-0.3, -0.25) is 0 Å². The van der Waals surface area contributed by atoms with Gasteiger partial charge in [-0.2, -0.15) is 4.31 Å². The van der Waals surface area contributed by atoms with Crippen molar-refractivity contribution in [3.05, 3.63) is 48.0 Å². The van der Waals surface area contributed by atoms with Crippen LogP contribution in [0.25, 0.3) is 11.1 Å². The second-order valence-corrected chi connectivity index (χ2v) is 11.2. The fourth-order valence-electron chi connectivity index (χ4n) is 4.09. The minimum absolute atomic E-state index is 0.0589. The molecule has 2 amide bonds. The molecule has 8 nitrogen and oxygen atoms in total. The highest BCUT2D eigenvalue weighted by Gasteiger charge is 2.38. The Balaban J connectivity index is 2.05. The number of carbonyl (C=O) groups is 1. The molecule has 0 saturated carbocycles. The molecule has 192 valence electrons. The molecule has 0 saturated heterocycles. The lowest BCUT2D eigenvalue weighted by atomic mass is 10.0. The third kappa shape index (κ3) is 6.15. The van der Waals surface area contributed by atoms with E-state index in [0.717, 1.165) is 23.1 Å². The maximum atomic E-state index is 13.6. The summed E-state index contributed by atoms with van der Waals surface area (Å²) in [6.07, 6.45) is 0.375. The van der Waals surface area contributed by atoms with Crippen molar-refractivity contribution < 1.29 is 23.1 Å². The number of nitrogens with one attached hydrogen (secondary N) is 1. The van der Waals surface area contributed by atoms with Crippen LogP contribution in [0.4, 0.5) is 4.79 Å². The molecule has 3 atom stereocenters. The Kier molecular flexibility index (Phi) is 8.79. The van der Waals surface area contributed by atoms with Crippen LogP contribution in [0.1, 0.15) is 32.8 Å². The Labute approximate surface area is 208 Å². The Morgan fingerprint density at radius 2 is 1.89 bits per heavy atom. The quantitative estimate of drug-likeness (QED) is 0.603. The lowest BCUT2D eigenvalue weighted by molar-refractivity contribution is 0.0813. The van der Waals surface area contributed by atoms with E-state index in [4.69, 9.17) is 4.74 Å². The largest absolute Gasteiger partial charge is 0.487 e. The number of likely N-dealkylation sites (N-methyl/N-ethyl adjacent to an activating group) is 1. The number of fused-ring (bicyclic) bond motifs is 1. The minimum Gasteiger partial charge on any atom is -0.487 e. The zero-order valence-corrected chi connectivity index (χ0v) is 22.0. The zero-order valence-electron chi connectivity index (χ0n) is 21.2. The molecule has 0 spiro atoms. The molecule has 2 N–H and O–H groups in total. The summed E-state index contributed by atoms with van der Waals surface area (Å²) in [5.74, 6) is 0.00788. The van der Waals surface area contributed by atoms with E-state index in [9.17, 15) is 18.3 Å². The molecule has 0 fully saturated rings. The van der Waals surface area contributed by atoms with Gasteiger partial charge in [0.25, 0.3) is 0 Å². The molecule has 3 rings (SSSR count). The Morgan fingerprint density at radius 1 is 1.23 bits per heavy atom. The van der Waals surface area contributed by atoms with Crippen molar-refractivity contribution in [3.63, 3.8) is 0 Å². The number of ether oxygens (including phenoxy) is 1. The van der Waals surface area contributed by atoms with Crippen LogP contribution in [0.3, 0.4) is 0 Å². The molecule has 9 heteroatoms. The molecule has 1 heterocycles. The van der Waals surface area contributed by atoms with Crippen molar-refractivity contribution in [2.24, 2.45) is 5.92 Å². The molecule has 2 aromatic carbocycles. The number of aliphatic hydroxyl groups excluding tert-OH is 1. The number of sulfonamides is 1. The summed E-state index contributed by atoms with van der Waals surface area (Å²) in [5, 5.41) is 12.7. The van der Waals surface area contributed by atoms with Crippen molar-refractivity contribution in [1.29, 1.82) is 0 Å². The molecule has 0 aliphatic carbocycles. The molecule has 0 radical (unpaired) electrons. The van der Waals surface area contributed by atoms with E-state index in [1.807, 2.05) is 45.0 Å². The van der Waals surface area contributed by atoms with Crippen molar-refractivity contribution in [3.8, 4) is 16.9 Å². The highest BCUT2D eigenvalue weighted by molar-refractivity contribution is 7.89. The molecule has 2 aromatic rings. The maximum absolute atomic E-state index is 13.6. The van der Waals surface area contributed by atoms with Crippen LogP contribution in [0.15, 0.2) is 47.4 Å². The molecular formula is C26H37N3O5S. The number of rotatable bonds is 7. The van der Waals surface area contributed by atoms with Gasteiger partial charge in [-0.05, 0) is 43.5 Å². The van der Waals surface area contributed by atoms with Crippen LogP contribution in [0, 0.1) is 12.8 Å². The predicted octanol–water partition coefficient (Wildman–Crippen LogP) is 3.48. The highest BCUT2D eigenvalue weighted by Crippen LogP contribution is 2.36. The summed E-state index contributed by atoms with van der Waals surface area (Å²) in [5.41, 5.74) is 2.91. The number of urea groups is 1. The van der Waals surface area contributed by atoms with Crippen molar-refractivity contribution >= 4 is 16.1 Å². The first-order valence-corrected chi connectivity index (χ1v) is 13.5. The normalized spacial score (nSPS) is 20.6. The number of nitrogens with zero attached hydrogens (tertiary/aromatic N) is 2. The van der Waals surface area contributed by atoms with Gasteiger partial charge < -0.3 is 20.1 Å². The van der Waals surface area contributed by atoms with Gasteiger partial charge in [0.1, 0.15) is 16.7 Å². The smallest absolute Gasteiger partial charge is 0.317 e. The zero-order chi connectivity index (χ0) is 25.8. The average molecular weight is 504 g/mol. The summed E-state index contributed by atoms with van der Waals surface area (Å²) in [6, 6.07) is 12.3. The van der Waals surface area contributed by atoms with E-state index >= 15 is 0 Å². The van der Waals surface area contributed by atoms with E-state index in [2.05, 4.69) is 5.32 Å². The van der Waals surface area contributed by atoms with Gasteiger partial charge in [0.05, 0.1) is 13.2 Å². The van der Waals surface area contributed by atoms with Crippen LogP contribution in [0.2, 0.25) is 0 Å². The Bertz CT molecular complexity index is 1120. The van der Waals surface area contributed by atoms with Crippen LogP contribution in [-0.4, -0.2) is 74.2 Å². The van der Waals surface area contributed by atoms with Gasteiger partial charge in [-0.25, -0.2) is 13.2 Å². The number of benzene rings is 2. The number of amides is 2. The second kappa shape index (κ2) is 11.4. The molecule has 0 unspecified atom stereocenters. The van der Waals surface area contributed by atoms with Crippen LogP contribution >= 0.6 is 0 Å². The van der Waals surface area contributed by atoms with E-state index in [-0.39, 0.29) is 42.3 Å². The molecular weight excluding hydrogens is 466 g/mol. The number of hydrogen-bond acceptors (Lipinski definition) is 5.